The summed E-state index contributed by atoms with van der Waals surface area (Å²) in [4.78, 5) is 39.6. The lowest BCUT2D eigenvalue weighted by molar-refractivity contribution is -0.143. The van der Waals surface area contributed by atoms with Crippen molar-refractivity contribution in [1.82, 2.24) is 14.7 Å². The van der Waals surface area contributed by atoms with Gasteiger partial charge in [0.25, 0.3) is 0 Å². The second-order valence-electron chi connectivity index (χ2n) is 5.99. The first-order chi connectivity index (χ1) is 11.5. The van der Waals surface area contributed by atoms with Crippen molar-refractivity contribution in [2.75, 3.05) is 26.9 Å². The normalized spacial score (nSPS) is 21.9. The maximum Gasteiger partial charge on any atom is 0.335 e. The first kappa shape index (κ1) is 16.4. The maximum absolute atomic E-state index is 12.0. The minimum Gasteiger partial charge on any atom is -0.494 e. The van der Waals surface area contributed by atoms with E-state index in [1.165, 1.54) is 7.05 Å². The molecule has 1 aromatic carbocycles. The fourth-order valence-corrected chi connectivity index (χ4v) is 3.25. The van der Waals surface area contributed by atoms with Crippen LogP contribution in [-0.2, 0) is 9.59 Å². The summed E-state index contributed by atoms with van der Waals surface area (Å²) in [7, 11) is 1.33. The molecule has 2 fully saturated rings. The van der Waals surface area contributed by atoms with Crippen LogP contribution in [0.2, 0.25) is 0 Å². The number of hydrogen-bond acceptors (Lipinski definition) is 5. The lowest BCUT2D eigenvalue weighted by Crippen LogP contribution is -2.41. The zero-order chi connectivity index (χ0) is 17.3. The molecule has 2 aliphatic heterocycles. The Morgan fingerprint density at radius 2 is 1.83 bits per heavy atom. The number of rotatable bonds is 5. The predicted molar refractivity (Wildman–Crippen MR) is 86.2 cm³/mol. The van der Waals surface area contributed by atoms with Gasteiger partial charge >= 0.3 is 17.8 Å². The molecular formula is C17H21N3O4. The molecule has 0 radical (unpaired) electrons. The van der Waals surface area contributed by atoms with Crippen LogP contribution in [0.5, 0.6) is 5.75 Å². The monoisotopic (exact) mass is 331 g/mol. The van der Waals surface area contributed by atoms with Gasteiger partial charge in [-0.25, -0.2) is 9.69 Å². The minimum absolute atomic E-state index is 0.127. The number of urea groups is 1. The number of nitrogens with zero attached hydrogens (tertiary/aromatic N) is 3. The Morgan fingerprint density at radius 1 is 1.12 bits per heavy atom. The Kier molecular flexibility index (Phi) is 4.53. The molecule has 0 aromatic heterocycles. The highest BCUT2D eigenvalue weighted by Crippen LogP contribution is 2.33. The van der Waals surface area contributed by atoms with E-state index in [1.54, 1.807) is 0 Å². The van der Waals surface area contributed by atoms with E-state index in [0.717, 1.165) is 40.5 Å². The smallest absolute Gasteiger partial charge is 0.335 e. The highest BCUT2D eigenvalue weighted by Gasteiger charge is 2.44. The van der Waals surface area contributed by atoms with Crippen molar-refractivity contribution in [1.29, 1.82) is 0 Å². The Bertz CT molecular complexity index is 658. The summed E-state index contributed by atoms with van der Waals surface area (Å²) in [6.07, 6.45) is 1.94. The quantitative estimate of drug-likeness (QED) is 0.605. The summed E-state index contributed by atoms with van der Waals surface area (Å²) in [5.74, 6) is -0.695. The van der Waals surface area contributed by atoms with Gasteiger partial charge in [-0.3, -0.25) is 19.4 Å². The van der Waals surface area contributed by atoms with Gasteiger partial charge in [0.15, 0.2) is 0 Å². The molecular weight excluding hydrogens is 310 g/mol. The van der Waals surface area contributed by atoms with Crippen molar-refractivity contribution >= 4 is 17.8 Å². The molecule has 0 aliphatic carbocycles. The van der Waals surface area contributed by atoms with Gasteiger partial charge in [0.05, 0.1) is 13.3 Å². The largest absolute Gasteiger partial charge is 0.494 e. The summed E-state index contributed by atoms with van der Waals surface area (Å²) < 4.78 is 5.46. The summed E-state index contributed by atoms with van der Waals surface area (Å²) in [6, 6.07) is 7.46. The molecule has 2 aliphatic rings. The van der Waals surface area contributed by atoms with Crippen LogP contribution < -0.4 is 4.74 Å². The highest BCUT2D eigenvalue weighted by molar-refractivity contribution is 6.44. The zero-order valence-electron chi connectivity index (χ0n) is 13.9. The number of ether oxygens (including phenoxy) is 1. The van der Waals surface area contributed by atoms with Gasteiger partial charge in [-0.05, 0) is 37.5 Å². The molecule has 0 bridgehead atoms. The SMILES string of the molecule is CCOc1ccc([C@H]2CCCN2CN2C(=O)C(=O)N(C)C2=O)cc1. The summed E-state index contributed by atoms with van der Waals surface area (Å²) in [5.41, 5.74) is 1.12. The number of hydrogen-bond donors (Lipinski definition) is 0. The highest BCUT2D eigenvalue weighted by atomic mass is 16.5. The molecule has 128 valence electrons. The minimum atomic E-state index is -0.767. The molecule has 0 saturated carbocycles. The van der Waals surface area contributed by atoms with Crippen molar-refractivity contribution in [3.8, 4) is 5.75 Å². The van der Waals surface area contributed by atoms with Gasteiger partial charge in [-0.2, -0.15) is 0 Å². The van der Waals surface area contributed by atoms with Gasteiger partial charge in [0.1, 0.15) is 5.75 Å². The van der Waals surface area contributed by atoms with E-state index in [4.69, 9.17) is 4.74 Å². The van der Waals surface area contributed by atoms with Gasteiger partial charge in [-0.1, -0.05) is 12.1 Å². The topological polar surface area (TPSA) is 70.2 Å². The molecule has 7 nitrogen and oxygen atoms in total. The van der Waals surface area contributed by atoms with Crippen LogP contribution in [0.3, 0.4) is 0 Å². The number of likely N-dealkylation sites (tertiary alicyclic amines) is 1. The molecule has 4 amide bonds. The molecule has 24 heavy (non-hydrogen) atoms. The molecule has 1 aromatic rings. The van der Waals surface area contributed by atoms with E-state index in [0.29, 0.717) is 6.61 Å². The maximum atomic E-state index is 12.0. The number of carbonyl (C=O) groups excluding carboxylic acids is 3. The lowest BCUT2D eigenvalue weighted by Gasteiger charge is -2.28. The molecule has 0 spiro atoms. The fourth-order valence-electron chi connectivity index (χ4n) is 3.25. The predicted octanol–water partition coefficient (Wildman–Crippen LogP) is 1.60. The Morgan fingerprint density at radius 3 is 2.42 bits per heavy atom. The third-order valence-corrected chi connectivity index (χ3v) is 4.51. The van der Waals surface area contributed by atoms with E-state index in [-0.39, 0.29) is 12.7 Å². The van der Waals surface area contributed by atoms with E-state index in [1.807, 2.05) is 31.2 Å². The Balaban J connectivity index is 1.73. The molecule has 3 rings (SSSR count). The van der Waals surface area contributed by atoms with Crippen LogP contribution >= 0.6 is 0 Å². The zero-order valence-corrected chi connectivity index (χ0v) is 13.9. The number of carbonyl (C=O) groups is 3. The number of imide groups is 2. The van der Waals surface area contributed by atoms with Crippen molar-refractivity contribution in [2.24, 2.45) is 0 Å². The molecule has 0 N–H and O–H groups in total. The van der Waals surface area contributed by atoms with E-state index in [9.17, 15) is 14.4 Å². The van der Waals surface area contributed by atoms with Gasteiger partial charge in [-0.15, -0.1) is 0 Å². The molecule has 7 heteroatoms. The fraction of sp³-hybridized carbons (Fsp3) is 0.471. The standard InChI is InChI=1S/C17H21N3O4/c1-3-24-13-8-6-12(7-9-13)14-5-4-10-19(14)11-20-16(22)15(21)18(2)17(20)23/h6-9,14H,3-5,10-11H2,1-2H3/t14-/m1/s1. The first-order valence-electron chi connectivity index (χ1n) is 8.13. The van der Waals surface area contributed by atoms with Crippen molar-refractivity contribution in [2.45, 2.75) is 25.8 Å². The van der Waals surface area contributed by atoms with E-state index in [2.05, 4.69) is 4.90 Å². The molecule has 2 saturated heterocycles. The number of likely N-dealkylation sites (N-methyl/N-ethyl adjacent to an activating group) is 1. The van der Waals surface area contributed by atoms with Gasteiger partial charge in [0.2, 0.25) is 0 Å². The average Bonchev–Trinajstić information content (AvgIpc) is 3.12. The molecule has 0 unspecified atom stereocenters. The summed E-state index contributed by atoms with van der Waals surface area (Å²) >= 11 is 0. The van der Waals surface area contributed by atoms with Crippen LogP contribution in [0, 0.1) is 0 Å². The third-order valence-electron chi connectivity index (χ3n) is 4.51. The first-order valence-corrected chi connectivity index (χ1v) is 8.13. The summed E-state index contributed by atoms with van der Waals surface area (Å²) in [6.45, 7) is 3.49. The van der Waals surface area contributed by atoms with Gasteiger partial charge in [0, 0.05) is 19.6 Å². The third kappa shape index (κ3) is 2.87. The molecule has 1 atom stereocenters. The number of amides is 4. The van der Waals surface area contributed by atoms with Crippen molar-refractivity contribution in [3.63, 3.8) is 0 Å². The average molecular weight is 331 g/mol. The second-order valence-corrected chi connectivity index (χ2v) is 5.99. The van der Waals surface area contributed by atoms with Crippen LogP contribution in [-0.4, -0.2) is 59.4 Å². The van der Waals surface area contributed by atoms with Crippen LogP contribution in [0.1, 0.15) is 31.4 Å². The Labute approximate surface area is 140 Å². The van der Waals surface area contributed by atoms with Crippen LogP contribution in [0.15, 0.2) is 24.3 Å². The van der Waals surface area contributed by atoms with Crippen LogP contribution in [0.25, 0.3) is 0 Å². The van der Waals surface area contributed by atoms with Crippen molar-refractivity contribution < 1.29 is 19.1 Å². The van der Waals surface area contributed by atoms with Crippen molar-refractivity contribution in [3.05, 3.63) is 29.8 Å². The Hall–Kier alpha value is -2.41. The van der Waals surface area contributed by atoms with Crippen LogP contribution in [0.4, 0.5) is 4.79 Å². The lowest BCUT2D eigenvalue weighted by atomic mass is 10.0. The van der Waals surface area contributed by atoms with Gasteiger partial charge < -0.3 is 4.74 Å². The number of benzene rings is 1. The molecule has 2 heterocycles. The van der Waals surface area contributed by atoms with E-state index < -0.39 is 17.8 Å². The van der Waals surface area contributed by atoms with E-state index >= 15 is 0 Å². The second kappa shape index (κ2) is 6.60. The summed E-state index contributed by atoms with van der Waals surface area (Å²) in [5, 5.41) is 0.